The number of nitrogens with zero attached hydrogens (tertiary/aromatic N) is 1. The normalized spacial score (nSPS) is 13.5. The first-order valence-corrected chi connectivity index (χ1v) is 6.35. The summed E-state index contributed by atoms with van der Waals surface area (Å²) in [6.07, 6.45) is 0.302. The number of methoxy groups -OCH3 is 1. The van der Waals surface area contributed by atoms with Crippen LogP contribution in [0.5, 0.6) is 0 Å². The van der Waals surface area contributed by atoms with Gasteiger partial charge in [0.1, 0.15) is 12.1 Å². The maximum absolute atomic E-state index is 11.7. The van der Waals surface area contributed by atoms with Gasteiger partial charge in [-0.05, 0) is 25.2 Å². The molecule has 0 fully saturated rings. The molecule has 19 heavy (non-hydrogen) atoms. The van der Waals surface area contributed by atoms with E-state index in [9.17, 15) is 14.7 Å². The highest BCUT2D eigenvalue weighted by molar-refractivity contribution is 5.86. The molecule has 6 heteroatoms. The summed E-state index contributed by atoms with van der Waals surface area (Å²) >= 11 is 0. The number of ether oxygens (including phenoxy) is 1. The fraction of sp³-hybridized carbons (Fsp3) is 0.769. The van der Waals surface area contributed by atoms with Crippen molar-refractivity contribution in [3.63, 3.8) is 0 Å². The van der Waals surface area contributed by atoms with Gasteiger partial charge in [0.25, 0.3) is 0 Å². The molecule has 0 rings (SSSR count). The number of carbonyl (C=O) groups excluding carboxylic acids is 2. The third-order valence-corrected chi connectivity index (χ3v) is 2.58. The number of aliphatic hydroxyl groups is 1. The summed E-state index contributed by atoms with van der Waals surface area (Å²) in [6, 6.07) is 1.16. The van der Waals surface area contributed by atoms with Crippen LogP contribution in [0.4, 0.5) is 0 Å². The minimum atomic E-state index is -1.14. The molecule has 2 N–H and O–H groups in total. The number of rotatable bonds is 8. The molecular formula is C13H22N2O4. The maximum atomic E-state index is 11.7. The molecular weight excluding hydrogens is 248 g/mol. The van der Waals surface area contributed by atoms with E-state index >= 15 is 0 Å². The largest absolute Gasteiger partial charge is 0.467 e. The lowest BCUT2D eigenvalue weighted by atomic mass is 10.0. The van der Waals surface area contributed by atoms with Crippen LogP contribution in [-0.4, -0.2) is 36.2 Å². The predicted octanol–water partition coefficient (Wildman–Crippen LogP) is 0.745. The number of esters is 1. The molecule has 0 aromatic rings. The van der Waals surface area contributed by atoms with Crippen LogP contribution in [-0.2, 0) is 14.3 Å². The van der Waals surface area contributed by atoms with Crippen molar-refractivity contribution in [1.29, 1.82) is 5.26 Å². The van der Waals surface area contributed by atoms with Gasteiger partial charge in [-0.3, -0.25) is 4.79 Å². The summed E-state index contributed by atoms with van der Waals surface area (Å²) in [4.78, 5) is 23.2. The van der Waals surface area contributed by atoms with Gasteiger partial charge in [0.2, 0.25) is 5.91 Å². The van der Waals surface area contributed by atoms with Crippen molar-refractivity contribution in [3.8, 4) is 6.07 Å². The second kappa shape index (κ2) is 9.34. The Balaban J connectivity index is 4.42. The van der Waals surface area contributed by atoms with E-state index in [0.717, 1.165) is 0 Å². The van der Waals surface area contributed by atoms with Crippen molar-refractivity contribution in [3.05, 3.63) is 0 Å². The molecule has 0 radical (unpaired) electrons. The van der Waals surface area contributed by atoms with Crippen molar-refractivity contribution < 1.29 is 19.4 Å². The summed E-state index contributed by atoms with van der Waals surface area (Å²) in [5.74, 6) is -0.972. The summed E-state index contributed by atoms with van der Waals surface area (Å²) in [7, 11) is 1.23. The lowest BCUT2D eigenvalue weighted by Gasteiger charge is -2.19. The van der Waals surface area contributed by atoms with Crippen LogP contribution in [0.2, 0.25) is 0 Å². The highest BCUT2D eigenvalue weighted by atomic mass is 16.5. The van der Waals surface area contributed by atoms with Crippen LogP contribution >= 0.6 is 0 Å². The SMILES string of the molecule is COC(=O)[C@@H](CCCC#N)NC(=O)[C@H](O)CC(C)C. The molecule has 6 nitrogen and oxygen atoms in total. The van der Waals surface area contributed by atoms with E-state index in [1.807, 2.05) is 19.9 Å². The molecule has 0 aliphatic heterocycles. The van der Waals surface area contributed by atoms with E-state index in [1.54, 1.807) is 0 Å². The smallest absolute Gasteiger partial charge is 0.328 e. The minimum absolute atomic E-state index is 0.177. The lowest BCUT2D eigenvalue weighted by molar-refractivity contribution is -0.146. The second-order valence-corrected chi connectivity index (χ2v) is 4.78. The van der Waals surface area contributed by atoms with Gasteiger partial charge in [-0.25, -0.2) is 4.79 Å². The molecule has 0 aromatic heterocycles. The highest BCUT2D eigenvalue weighted by Crippen LogP contribution is 2.07. The average molecular weight is 270 g/mol. The van der Waals surface area contributed by atoms with Gasteiger partial charge < -0.3 is 15.2 Å². The van der Waals surface area contributed by atoms with Crippen molar-refractivity contribution in [2.75, 3.05) is 7.11 Å². The van der Waals surface area contributed by atoms with Gasteiger partial charge in [0, 0.05) is 6.42 Å². The third-order valence-electron chi connectivity index (χ3n) is 2.58. The Bertz CT molecular complexity index is 336. The Labute approximate surface area is 113 Å². The van der Waals surface area contributed by atoms with Crippen molar-refractivity contribution in [2.45, 2.75) is 51.7 Å². The highest BCUT2D eigenvalue weighted by Gasteiger charge is 2.24. The summed E-state index contributed by atoms with van der Waals surface area (Å²) in [6.45, 7) is 3.78. The van der Waals surface area contributed by atoms with E-state index in [4.69, 9.17) is 5.26 Å². The predicted molar refractivity (Wildman–Crippen MR) is 68.9 cm³/mol. The molecule has 0 heterocycles. The first-order chi connectivity index (χ1) is 8.92. The lowest BCUT2D eigenvalue weighted by Crippen LogP contribution is -2.46. The number of nitrogens with one attached hydrogen (secondary N) is 1. The average Bonchev–Trinajstić information content (AvgIpc) is 2.35. The third kappa shape index (κ3) is 7.42. The monoisotopic (exact) mass is 270 g/mol. The van der Waals surface area contributed by atoms with Gasteiger partial charge in [-0.15, -0.1) is 0 Å². The van der Waals surface area contributed by atoms with Crippen LogP contribution in [0, 0.1) is 17.2 Å². The Morgan fingerprint density at radius 2 is 2.05 bits per heavy atom. The standard InChI is InChI=1S/C13H22N2O4/c1-9(2)8-11(16)12(17)15-10(13(18)19-3)6-4-5-7-14/h9-11,16H,4-6,8H2,1-3H3,(H,15,17)/t10-,11-/m1/s1. The molecule has 0 unspecified atom stereocenters. The molecule has 2 atom stereocenters. The molecule has 108 valence electrons. The molecule has 0 aromatic carbocycles. The fourth-order valence-electron chi connectivity index (χ4n) is 1.60. The summed E-state index contributed by atoms with van der Waals surface area (Å²) < 4.78 is 4.59. The van der Waals surface area contributed by atoms with E-state index in [-0.39, 0.29) is 5.92 Å². The number of carbonyl (C=O) groups is 2. The van der Waals surface area contributed by atoms with Gasteiger partial charge in [-0.1, -0.05) is 13.8 Å². The Hall–Kier alpha value is -1.61. The number of hydrogen-bond acceptors (Lipinski definition) is 5. The number of unbranched alkanes of at least 4 members (excludes halogenated alkanes) is 1. The molecule has 0 aliphatic rings. The second-order valence-electron chi connectivity index (χ2n) is 4.78. The van der Waals surface area contributed by atoms with Crippen molar-refractivity contribution in [2.24, 2.45) is 5.92 Å². The number of nitriles is 1. The van der Waals surface area contributed by atoms with E-state index in [1.165, 1.54) is 7.11 Å². The van der Waals surface area contributed by atoms with Gasteiger partial charge in [0.15, 0.2) is 0 Å². The van der Waals surface area contributed by atoms with Crippen LogP contribution in [0.15, 0.2) is 0 Å². The first kappa shape index (κ1) is 17.4. The zero-order chi connectivity index (χ0) is 14.8. The van der Waals surface area contributed by atoms with E-state index in [2.05, 4.69) is 10.1 Å². The maximum Gasteiger partial charge on any atom is 0.328 e. The molecule has 0 saturated carbocycles. The Kier molecular flexibility index (Phi) is 8.55. The molecule has 0 spiro atoms. The van der Waals surface area contributed by atoms with Crippen LogP contribution in [0.25, 0.3) is 0 Å². The van der Waals surface area contributed by atoms with Crippen molar-refractivity contribution >= 4 is 11.9 Å². The fourth-order valence-corrected chi connectivity index (χ4v) is 1.60. The molecule has 1 amide bonds. The molecule has 0 saturated heterocycles. The topological polar surface area (TPSA) is 99.4 Å². The van der Waals surface area contributed by atoms with E-state index in [0.29, 0.717) is 25.7 Å². The van der Waals surface area contributed by atoms with Crippen LogP contribution in [0.1, 0.15) is 39.5 Å². The van der Waals surface area contributed by atoms with Crippen molar-refractivity contribution in [1.82, 2.24) is 5.32 Å². The Morgan fingerprint density at radius 1 is 1.42 bits per heavy atom. The van der Waals surface area contributed by atoms with Crippen LogP contribution < -0.4 is 5.32 Å². The van der Waals surface area contributed by atoms with E-state index < -0.39 is 24.0 Å². The Morgan fingerprint density at radius 3 is 2.53 bits per heavy atom. The summed E-state index contributed by atoms with van der Waals surface area (Å²) in [5.41, 5.74) is 0. The van der Waals surface area contributed by atoms with Gasteiger partial charge in [0.05, 0.1) is 13.2 Å². The zero-order valence-electron chi connectivity index (χ0n) is 11.7. The van der Waals surface area contributed by atoms with Crippen LogP contribution in [0.3, 0.4) is 0 Å². The number of amides is 1. The van der Waals surface area contributed by atoms with Gasteiger partial charge >= 0.3 is 5.97 Å². The minimum Gasteiger partial charge on any atom is -0.467 e. The zero-order valence-corrected chi connectivity index (χ0v) is 11.7. The number of hydrogen-bond donors (Lipinski definition) is 2. The first-order valence-electron chi connectivity index (χ1n) is 6.35. The summed E-state index contributed by atoms with van der Waals surface area (Å²) in [5, 5.41) is 20.6. The van der Waals surface area contributed by atoms with Gasteiger partial charge in [-0.2, -0.15) is 5.26 Å². The quantitative estimate of drug-likeness (QED) is 0.500. The number of aliphatic hydroxyl groups excluding tert-OH is 1. The molecule has 0 aliphatic carbocycles. The molecule has 0 bridgehead atoms.